The average molecular weight is 252 g/mol. The first-order chi connectivity index (χ1) is 8.52. The molecule has 2 rings (SSSR count). The van der Waals surface area contributed by atoms with E-state index >= 15 is 0 Å². The lowest BCUT2D eigenvalue weighted by atomic mass is 10.2. The predicted molar refractivity (Wildman–Crippen MR) is 67.8 cm³/mol. The van der Waals surface area contributed by atoms with Crippen LogP contribution in [-0.4, -0.2) is 41.1 Å². The van der Waals surface area contributed by atoms with E-state index in [4.69, 9.17) is 9.52 Å². The number of aromatic nitrogens is 1. The van der Waals surface area contributed by atoms with Crippen LogP contribution in [0.1, 0.15) is 0 Å². The van der Waals surface area contributed by atoms with Crippen LogP contribution in [0.5, 0.6) is 0 Å². The van der Waals surface area contributed by atoms with Crippen molar-refractivity contribution in [2.45, 2.75) is 6.10 Å². The van der Waals surface area contributed by atoms with Gasteiger partial charge in [0.05, 0.1) is 18.2 Å². The zero-order chi connectivity index (χ0) is 13.3. The summed E-state index contributed by atoms with van der Waals surface area (Å²) in [5.41, 5.74) is 2.07. The molecule has 0 saturated heterocycles. The highest BCUT2D eigenvalue weighted by molar-refractivity contribution is 5.77. The zero-order valence-corrected chi connectivity index (χ0v) is 10.3. The van der Waals surface area contributed by atoms with Crippen molar-refractivity contribution < 1.29 is 14.6 Å². The molecule has 1 heterocycles. The molecule has 0 bridgehead atoms. The highest BCUT2D eigenvalue weighted by Crippen LogP contribution is 2.20. The molecule has 1 unspecified atom stereocenters. The Balaban J connectivity index is 2.34. The fraction of sp³-hybridized carbons (Fsp3) is 0.417. The van der Waals surface area contributed by atoms with Gasteiger partial charge in [0.25, 0.3) is 0 Å². The van der Waals surface area contributed by atoms with Crippen molar-refractivity contribution in [3.05, 3.63) is 28.7 Å². The van der Waals surface area contributed by atoms with Gasteiger partial charge >= 0.3 is 5.76 Å². The normalized spacial score (nSPS) is 12.9. The number of rotatable bonds is 4. The first-order valence-electron chi connectivity index (χ1n) is 5.62. The number of hydrogen-bond acceptors (Lipinski definition) is 5. The van der Waals surface area contributed by atoms with E-state index in [1.54, 1.807) is 31.1 Å². The fourth-order valence-electron chi connectivity index (χ4n) is 1.83. The summed E-state index contributed by atoms with van der Waals surface area (Å²) in [7, 11) is 3.44. The Labute approximate surface area is 104 Å². The summed E-state index contributed by atoms with van der Waals surface area (Å²) in [6.07, 6.45) is -0.793. The summed E-state index contributed by atoms with van der Waals surface area (Å²) in [5, 5.41) is 18.2. The Hall–Kier alpha value is -1.79. The summed E-state index contributed by atoms with van der Waals surface area (Å²) >= 11 is 0. The predicted octanol–water partition coefficient (Wildman–Crippen LogP) is -0.0791. The van der Waals surface area contributed by atoms with Gasteiger partial charge in [0, 0.05) is 26.3 Å². The van der Waals surface area contributed by atoms with Crippen LogP contribution in [0.3, 0.4) is 0 Å². The van der Waals surface area contributed by atoms with Crippen LogP contribution >= 0.6 is 0 Å². The molecule has 0 saturated carbocycles. The van der Waals surface area contributed by atoms with E-state index in [0.717, 1.165) is 5.69 Å². The van der Waals surface area contributed by atoms with Gasteiger partial charge in [0.2, 0.25) is 0 Å². The van der Waals surface area contributed by atoms with Crippen LogP contribution in [0.25, 0.3) is 11.1 Å². The van der Waals surface area contributed by atoms with Gasteiger partial charge in [0.15, 0.2) is 5.58 Å². The minimum absolute atomic E-state index is 0.281. The van der Waals surface area contributed by atoms with Gasteiger partial charge in [-0.15, -0.1) is 0 Å². The van der Waals surface area contributed by atoms with Crippen molar-refractivity contribution in [2.24, 2.45) is 7.05 Å². The molecule has 0 spiro atoms. The van der Waals surface area contributed by atoms with Crippen LogP contribution < -0.4 is 10.7 Å². The van der Waals surface area contributed by atoms with Crippen LogP contribution in [0.15, 0.2) is 27.4 Å². The SMILES string of the molecule is CN(CC(O)CO)c1ccc2oc(=O)n(C)c2c1. The molecule has 2 N–H and O–H groups in total. The number of hydrogen-bond donors (Lipinski definition) is 2. The molecule has 0 aliphatic carbocycles. The topological polar surface area (TPSA) is 78.8 Å². The number of likely N-dealkylation sites (N-methyl/N-ethyl adjacent to an activating group) is 1. The molecular formula is C12H16N2O4. The number of oxazole rings is 1. The highest BCUT2D eigenvalue weighted by Gasteiger charge is 2.11. The van der Waals surface area contributed by atoms with Crippen molar-refractivity contribution in [3.63, 3.8) is 0 Å². The van der Waals surface area contributed by atoms with Gasteiger partial charge in [-0.05, 0) is 18.2 Å². The molecule has 0 fully saturated rings. The lowest BCUT2D eigenvalue weighted by Gasteiger charge is -2.21. The molecule has 18 heavy (non-hydrogen) atoms. The number of fused-ring (bicyclic) bond motifs is 1. The Morgan fingerprint density at radius 1 is 1.50 bits per heavy atom. The third-order valence-corrected chi connectivity index (χ3v) is 2.91. The summed E-state index contributed by atoms with van der Waals surface area (Å²) in [6.45, 7) is 0.0323. The maximum absolute atomic E-state index is 11.4. The second kappa shape index (κ2) is 4.83. The van der Waals surface area contributed by atoms with Crippen LogP contribution in [-0.2, 0) is 7.05 Å². The van der Waals surface area contributed by atoms with Gasteiger partial charge < -0.3 is 19.5 Å². The number of nitrogens with zero attached hydrogens (tertiary/aromatic N) is 2. The lowest BCUT2D eigenvalue weighted by Crippen LogP contribution is -2.31. The Kier molecular flexibility index (Phi) is 3.40. The molecule has 1 atom stereocenters. The lowest BCUT2D eigenvalue weighted by molar-refractivity contribution is 0.101. The molecular weight excluding hydrogens is 236 g/mol. The van der Waals surface area contributed by atoms with Crippen LogP contribution in [0.2, 0.25) is 0 Å². The number of aliphatic hydroxyl groups excluding tert-OH is 2. The molecule has 1 aromatic carbocycles. The summed E-state index contributed by atoms with van der Waals surface area (Å²) in [5.74, 6) is -0.403. The van der Waals surface area contributed by atoms with Crippen molar-refractivity contribution in [2.75, 3.05) is 25.1 Å². The van der Waals surface area contributed by atoms with Gasteiger partial charge in [-0.1, -0.05) is 0 Å². The largest absolute Gasteiger partial charge is 0.419 e. The molecule has 0 aliphatic heterocycles. The molecule has 6 heteroatoms. The molecule has 6 nitrogen and oxygen atoms in total. The summed E-state index contributed by atoms with van der Waals surface area (Å²) in [6, 6.07) is 5.33. The van der Waals surface area contributed by atoms with E-state index in [-0.39, 0.29) is 6.61 Å². The first kappa shape index (κ1) is 12.7. The minimum Gasteiger partial charge on any atom is -0.408 e. The maximum atomic E-state index is 11.4. The van der Waals surface area contributed by atoms with E-state index in [0.29, 0.717) is 17.6 Å². The van der Waals surface area contributed by atoms with E-state index < -0.39 is 11.9 Å². The number of aliphatic hydroxyl groups is 2. The second-order valence-electron chi connectivity index (χ2n) is 4.30. The van der Waals surface area contributed by atoms with E-state index in [2.05, 4.69) is 0 Å². The highest BCUT2D eigenvalue weighted by atomic mass is 16.4. The van der Waals surface area contributed by atoms with Crippen LogP contribution in [0, 0.1) is 0 Å². The second-order valence-corrected chi connectivity index (χ2v) is 4.30. The molecule has 1 aromatic heterocycles. The summed E-state index contributed by atoms with van der Waals surface area (Å²) < 4.78 is 6.46. The third-order valence-electron chi connectivity index (χ3n) is 2.91. The van der Waals surface area contributed by atoms with Crippen molar-refractivity contribution >= 4 is 16.8 Å². The van der Waals surface area contributed by atoms with E-state index in [1.807, 2.05) is 6.07 Å². The molecule has 2 aromatic rings. The monoisotopic (exact) mass is 252 g/mol. The van der Waals surface area contributed by atoms with E-state index in [1.165, 1.54) is 4.57 Å². The third kappa shape index (κ3) is 2.25. The zero-order valence-electron chi connectivity index (χ0n) is 10.3. The Bertz CT molecular complexity index is 602. The van der Waals surface area contributed by atoms with Crippen molar-refractivity contribution in [3.8, 4) is 0 Å². The molecule has 98 valence electrons. The summed E-state index contributed by atoms with van der Waals surface area (Å²) in [4.78, 5) is 13.2. The Morgan fingerprint density at radius 2 is 2.22 bits per heavy atom. The van der Waals surface area contributed by atoms with Gasteiger partial charge in [-0.2, -0.15) is 0 Å². The van der Waals surface area contributed by atoms with Gasteiger partial charge in [0.1, 0.15) is 0 Å². The molecule has 0 aliphatic rings. The quantitative estimate of drug-likeness (QED) is 0.795. The molecule has 0 amide bonds. The molecule has 0 radical (unpaired) electrons. The Morgan fingerprint density at radius 3 is 2.89 bits per heavy atom. The standard InChI is InChI=1S/C12H16N2O4/c1-13(6-9(16)7-15)8-3-4-11-10(5-8)14(2)12(17)18-11/h3-5,9,15-16H,6-7H2,1-2H3. The minimum atomic E-state index is -0.793. The number of anilines is 1. The number of aryl methyl sites for hydroxylation is 1. The van der Waals surface area contributed by atoms with Crippen molar-refractivity contribution in [1.29, 1.82) is 0 Å². The van der Waals surface area contributed by atoms with Crippen LogP contribution in [0.4, 0.5) is 5.69 Å². The fourth-order valence-corrected chi connectivity index (χ4v) is 1.83. The average Bonchev–Trinajstić information content (AvgIpc) is 2.64. The maximum Gasteiger partial charge on any atom is 0.419 e. The smallest absolute Gasteiger partial charge is 0.408 e. The van der Waals surface area contributed by atoms with Gasteiger partial charge in [-0.25, -0.2) is 4.79 Å². The van der Waals surface area contributed by atoms with Crippen molar-refractivity contribution in [1.82, 2.24) is 4.57 Å². The first-order valence-corrected chi connectivity index (χ1v) is 5.62. The number of benzene rings is 1. The van der Waals surface area contributed by atoms with E-state index in [9.17, 15) is 9.90 Å². The van der Waals surface area contributed by atoms with Gasteiger partial charge in [-0.3, -0.25) is 4.57 Å².